The van der Waals surface area contributed by atoms with E-state index in [-0.39, 0.29) is 18.1 Å². The molecule has 0 aliphatic carbocycles. The Hall–Kier alpha value is -1.26. The van der Waals surface area contributed by atoms with E-state index < -0.39 is 0 Å². The second kappa shape index (κ2) is 7.66. The Bertz CT molecular complexity index is 480. The fourth-order valence-corrected chi connectivity index (χ4v) is 2.55. The molecule has 1 aromatic carbocycles. The average Bonchev–Trinajstić information content (AvgIpc) is 2.47. The summed E-state index contributed by atoms with van der Waals surface area (Å²) >= 11 is 5.81. The first-order chi connectivity index (χ1) is 10.1. The third-order valence-electron chi connectivity index (χ3n) is 3.57. The largest absolute Gasteiger partial charge is 0.493 e. The predicted molar refractivity (Wildman–Crippen MR) is 82.9 cm³/mol. The Morgan fingerprint density at radius 1 is 1.52 bits per heavy atom. The third kappa shape index (κ3) is 4.61. The Labute approximate surface area is 131 Å². The van der Waals surface area contributed by atoms with Crippen molar-refractivity contribution < 1.29 is 14.3 Å². The topological polar surface area (TPSA) is 38.8 Å². The Balaban J connectivity index is 1.81. The van der Waals surface area contributed by atoms with E-state index in [9.17, 15) is 4.79 Å². The molecule has 116 valence electrons. The number of carbonyl (C=O) groups excluding carboxylic acids is 1. The molecule has 2 rings (SSSR count). The van der Waals surface area contributed by atoms with Crippen LogP contribution < -0.4 is 4.74 Å². The molecule has 1 aliphatic heterocycles. The number of rotatable bonds is 5. The zero-order valence-electron chi connectivity index (χ0n) is 12.5. The first kappa shape index (κ1) is 16.1. The fraction of sp³-hybridized carbons (Fsp3) is 0.562. The number of hydrogen-bond acceptors (Lipinski definition) is 3. The molecule has 4 nitrogen and oxygen atoms in total. The van der Waals surface area contributed by atoms with Gasteiger partial charge in [0, 0.05) is 6.54 Å². The first-order valence-corrected chi connectivity index (χ1v) is 7.80. The van der Waals surface area contributed by atoms with Crippen molar-refractivity contribution >= 4 is 17.5 Å². The molecule has 0 radical (unpaired) electrons. The summed E-state index contributed by atoms with van der Waals surface area (Å²) in [7, 11) is 0. The van der Waals surface area contributed by atoms with E-state index in [0.29, 0.717) is 32.1 Å². The van der Waals surface area contributed by atoms with Gasteiger partial charge in [-0.1, -0.05) is 12.1 Å². The van der Waals surface area contributed by atoms with E-state index >= 15 is 0 Å². The van der Waals surface area contributed by atoms with E-state index in [0.717, 1.165) is 11.3 Å². The minimum Gasteiger partial charge on any atom is -0.493 e. The molecule has 0 saturated carbocycles. The van der Waals surface area contributed by atoms with Crippen LogP contribution in [0, 0.1) is 6.92 Å². The lowest BCUT2D eigenvalue weighted by atomic mass is 10.2. The molecule has 2 unspecified atom stereocenters. The van der Waals surface area contributed by atoms with Crippen molar-refractivity contribution in [2.45, 2.75) is 32.4 Å². The number of hydrogen-bond donors (Lipinski definition) is 0. The average molecular weight is 312 g/mol. The van der Waals surface area contributed by atoms with E-state index in [4.69, 9.17) is 21.1 Å². The summed E-state index contributed by atoms with van der Waals surface area (Å²) < 4.78 is 11.2. The number of carbonyl (C=O) groups is 1. The second-order valence-electron chi connectivity index (χ2n) is 5.42. The van der Waals surface area contributed by atoms with Gasteiger partial charge in [-0.2, -0.15) is 0 Å². The molecule has 0 bridgehead atoms. The van der Waals surface area contributed by atoms with E-state index in [1.807, 2.05) is 43.0 Å². The molecule has 1 heterocycles. The van der Waals surface area contributed by atoms with Gasteiger partial charge in [0.2, 0.25) is 5.91 Å². The maximum absolute atomic E-state index is 12.3. The van der Waals surface area contributed by atoms with Crippen molar-refractivity contribution in [1.29, 1.82) is 0 Å². The summed E-state index contributed by atoms with van der Waals surface area (Å²) in [6.07, 6.45) is 0.303. The lowest BCUT2D eigenvalue weighted by Crippen LogP contribution is -2.51. The summed E-state index contributed by atoms with van der Waals surface area (Å²) in [5.41, 5.74) is 1.14. The summed E-state index contributed by atoms with van der Waals surface area (Å²) in [6.45, 7) is 5.50. The van der Waals surface area contributed by atoms with Gasteiger partial charge in [0.05, 0.1) is 37.7 Å². The lowest BCUT2D eigenvalue weighted by molar-refractivity contribution is -0.143. The molecular formula is C16H22ClNO3. The van der Waals surface area contributed by atoms with Gasteiger partial charge >= 0.3 is 0 Å². The number of morpholine rings is 1. The third-order valence-corrected chi connectivity index (χ3v) is 3.92. The quantitative estimate of drug-likeness (QED) is 0.785. The number of ether oxygens (including phenoxy) is 2. The normalized spacial score (nSPS) is 22.1. The molecule has 21 heavy (non-hydrogen) atoms. The molecule has 2 atom stereocenters. The van der Waals surface area contributed by atoms with Crippen molar-refractivity contribution in [3.63, 3.8) is 0 Å². The van der Waals surface area contributed by atoms with Crippen LogP contribution >= 0.6 is 11.6 Å². The number of halogens is 1. The van der Waals surface area contributed by atoms with Crippen LogP contribution in [0.1, 0.15) is 18.9 Å². The molecule has 0 N–H and O–H groups in total. The number of benzene rings is 1. The standard InChI is InChI=1S/C16H22ClNO3/c1-12-4-3-5-14(8-12)20-7-6-16(19)18-10-15(9-17)21-11-13(18)2/h3-5,8,13,15H,6-7,9-11H2,1-2H3. The van der Waals surface area contributed by atoms with Crippen LogP contribution in [0.15, 0.2) is 24.3 Å². The van der Waals surface area contributed by atoms with Crippen molar-refractivity contribution in [2.75, 3.05) is 25.6 Å². The van der Waals surface area contributed by atoms with Gasteiger partial charge in [0.25, 0.3) is 0 Å². The molecule has 1 fully saturated rings. The van der Waals surface area contributed by atoms with E-state index in [1.165, 1.54) is 0 Å². The van der Waals surface area contributed by atoms with Gasteiger partial charge in [0.1, 0.15) is 5.75 Å². The van der Waals surface area contributed by atoms with Crippen LogP contribution in [0.3, 0.4) is 0 Å². The molecule has 5 heteroatoms. The zero-order valence-corrected chi connectivity index (χ0v) is 13.3. The number of alkyl halides is 1. The summed E-state index contributed by atoms with van der Waals surface area (Å²) in [6, 6.07) is 7.92. The van der Waals surface area contributed by atoms with Crippen molar-refractivity contribution in [3.05, 3.63) is 29.8 Å². The van der Waals surface area contributed by atoms with Gasteiger partial charge in [0.15, 0.2) is 0 Å². The van der Waals surface area contributed by atoms with Crippen LogP contribution in [0.5, 0.6) is 5.75 Å². The Morgan fingerprint density at radius 2 is 2.33 bits per heavy atom. The van der Waals surface area contributed by atoms with Gasteiger partial charge < -0.3 is 14.4 Å². The number of nitrogens with zero attached hydrogens (tertiary/aromatic N) is 1. The van der Waals surface area contributed by atoms with Gasteiger partial charge in [-0.05, 0) is 31.5 Å². The van der Waals surface area contributed by atoms with E-state index in [2.05, 4.69) is 0 Å². The van der Waals surface area contributed by atoms with Crippen molar-refractivity contribution in [3.8, 4) is 5.75 Å². The van der Waals surface area contributed by atoms with Gasteiger partial charge in [-0.25, -0.2) is 0 Å². The van der Waals surface area contributed by atoms with Crippen molar-refractivity contribution in [2.24, 2.45) is 0 Å². The highest BCUT2D eigenvalue weighted by atomic mass is 35.5. The lowest BCUT2D eigenvalue weighted by Gasteiger charge is -2.37. The van der Waals surface area contributed by atoms with E-state index in [1.54, 1.807) is 0 Å². The second-order valence-corrected chi connectivity index (χ2v) is 5.73. The van der Waals surface area contributed by atoms with Crippen molar-refractivity contribution in [1.82, 2.24) is 4.90 Å². The zero-order chi connectivity index (χ0) is 15.2. The maximum Gasteiger partial charge on any atom is 0.226 e. The predicted octanol–water partition coefficient (Wildman–Crippen LogP) is 2.62. The van der Waals surface area contributed by atoms with Crippen LogP contribution in [-0.4, -0.2) is 48.6 Å². The Kier molecular flexibility index (Phi) is 5.88. The number of aryl methyl sites for hydroxylation is 1. The Morgan fingerprint density at radius 3 is 3.05 bits per heavy atom. The fourth-order valence-electron chi connectivity index (χ4n) is 2.36. The van der Waals surface area contributed by atoms with Crippen LogP contribution in [0.25, 0.3) is 0 Å². The van der Waals surface area contributed by atoms with Crippen LogP contribution in [0.2, 0.25) is 0 Å². The molecule has 1 saturated heterocycles. The van der Waals surface area contributed by atoms with Crippen LogP contribution in [0.4, 0.5) is 0 Å². The first-order valence-electron chi connectivity index (χ1n) is 7.26. The SMILES string of the molecule is Cc1cccc(OCCC(=O)N2CC(CCl)OCC2C)c1. The number of amides is 1. The molecule has 1 aliphatic rings. The maximum atomic E-state index is 12.3. The molecule has 0 aromatic heterocycles. The smallest absolute Gasteiger partial charge is 0.226 e. The highest BCUT2D eigenvalue weighted by Gasteiger charge is 2.28. The van der Waals surface area contributed by atoms with Gasteiger partial charge in [-0.15, -0.1) is 11.6 Å². The summed E-state index contributed by atoms with van der Waals surface area (Å²) in [5, 5.41) is 0. The monoisotopic (exact) mass is 311 g/mol. The van der Waals surface area contributed by atoms with Gasteiger partial charge in [-0.3, -0.25) is 4.79 Å². The summed E-state index contributed by atoms with van der Waals surface area (Å²) in [5.74, 6) is 1.31. The van der Waals surface area contributed by atoms with Crippen LogP contribution in [-0.2, 0) is 9.53 Å². The minimum atomic E-state index is -0.0653. The molecule has 1 amide bonds. The molecule has 1 aromatic rings. The summed E-state index contributed by atoms with van der Waals surface area (Å²) in [4.78, 5) is 14.1. The minimum absolute atomic E-state index is 0.0653. The molecular weight excluding hydrogens is 290 g/mol. The highest BCUT2D eigenvalue weighted by Crippen LogP contribution is 2.15. The molecule has 0 spiro atoms. The highest BCUT2D eigenvalue weighted by molar-refractivity contribution is 6.18.